The topological polar surface area (TPSA) is 0 Å². The molecule has 0 aliphatic rings. The highest BCUT2D eigenvalue weighted by molar-refractivity contribution is 6.50. The largest absolute Gasteiger partial charge is 0.521 e. The smallest absolute Gasteiger partial charge is 0.210 e. The van der Waals surface area contributed by atoms with Gasteiger partial charge in [0.1, 0.15) is 0 Å². The van der Waals surface area contributed by atoms with Gasteiger partial charge in [0.15, 0.2) is 0 Å². The number of rotatable bonds is 16. The highest BCUT2D eigenvalue weighted by Crippen LogP contribution is 2.12. The number of hydrogen-bond acceptors (Lipinski definition) is 0. The Balaban J connectivity index is 3.25. The van der Waals surface area contributed by atoms with Crippen molar-refractivity contribution in [3.63, 3.8) is 0 Å². The van der Waals surface area contributed by atoms with Crippen LogP contribution in [0.5, 0.6) is 0 Å². The lowest BCUT2D eigenvalue weighted by atomic mass is 9.67. The third-order valence-corrected chi connectivity index (χ3v) is 7.98. The molecule has 4 heteroatoms. The van der Waals surface area contributed by atoms with Crippen LogP contribution < -0.4 is 10.9 Å². The van der Waals surface area contributed by atoms with Crippen molar-refractivity contribution in [3.8, 4) is 0 Å². The first-order chi connectivity index (χ1) is 14.2. The Bertz CT molecular complexity index is 558. The summed E-state index contributed by atoms with van der Waals surface area (Å²) >= 11 is 0. The van der Waals surface area contributed by atoms with E-state index in [4.69, 9.17) is 0 Å². The average Bonchev–Trinajstić information content (AvgIpc) is 2.70. The summed E-state index contributed by atoms with van der Waals surface area (Å²) in [6, 6.07) is 5.43. The second-order valence-electron chi connectivity index (χ2n) is 12.0. The van der Waals surface area contributed by atoms with Gasteiger partial charge < -0.3 is 8.79 Å². The number of nitrogens with zero attached hydrogens (tertiary/aromatic N) is 2. The van der Waals surface area contributed by atoms with Crippen LogP contribution in [-0.2, 0) is 12.8 Å². The molecule has 1 aromatic carbocycles. The van der Waals surface area contributed by atoms with Gasteiger partial charge in [-0.25, -0.2) is 0 Å². The maximum absolute atomic E-state index is 2.71. The normalized spacial score (nSPS) is 12.5. The van der Waals surface area contributed by atoms with Crippen molar-refractivity contribution >= 4 is 25.8 Å². The van der Waals surface area contributed by atoms with E-state index in [9.17, 15) is 0 Å². The van der Waals surface area contributed by atoms with Gasteiger partial charge >= 0.3 is 0 Å². The van der Waals surface area contributed by atoms with Crippen LogP contribution in [0.15, 0.2) is 12.1 Å². The molecule has 1 rings (SSSR count). The number of unbranched alkanes of at least 4 members (excludes halogenated alkanes) is 6. The first kappa shape index (κ1) is 27.3. The van der Waals surface area contributed by atoms with Crippen molar-refractivity contribution in [3.05, 3.63) is 23.3 Å². The minimum atomic E-state index is -0.173. The lowest BCUT2D eigenvalue weighted by molar-refractivity contribution is -0.775. The highest BCUT2D eigenvalue weighted by atomic mass is 15.2. The van der Waals surface area contributed by atoms with E-state index in [2.05, 4.69) is 68.0 Å². The highest BCUT2D eigenvalue weighted by Gasteiger charge is 2.15. The summed E-state index contributed by atoms with van der Waals surface area (Å²) in [5.74, 6) is 0. The van der Waals surface area contributed by atoms with Crippen LogP contribution in [0, 0.1) is 0 Å². The van der Waals surface area contributed by atoms with Crippen molar-refractivity contribution in [1.29, 1.82) is 0 Å². The molecule has 174 valence electrons. The van der Waals surface area contributed by atoms with Crippen LogP contribution in [0.4, 0.5) is 0 Å². The van der Waals surface area contributed by atoms with E-state index in [-0.39, 0.29) is 14.8 Å². The number of benzene rings is 1. The second kappa shape index (κ2) is 13.6. The van der Waals surface area contributed by atoms with Gasteiger partial charge in [-0.05, 0) is 39.5 Å². The molecular formula is C26H54B2N2. The van der Waals surface area contributed by atoms with Gasteiger partial charge in [0.2, 0.25) is 14.8 Å². The summed E-state index contributed by atoms with van der Waals surface area (Å²) in [6.07, 6.45) is 13.6. The minimum absolute atomic E-state index is 0.173. The predicted octanol–water partition coefficient (Wildman–Crippen LogP) is 3.54. The van der Waals surface area contributed by atoms with E-state index in [1.807, 2.05) is 0 Å². The Morgan fingerprint density at radius 2 is 0.933 bits per heavy atom. The van der Waals surface area contributed by atoms with Crippen LogP contribution >= 0.6 is 0 Å². The summed E-state index contributed by atoms with van der Waals surface area (Å²) in [5, 5.41) is 0. The van der Waals surface area contributed by atoms with Gasteiger partial charge in [-0.2, -0.15) is 0 Å². The number of aryl methyl sites for hydroxylation is 2. The summed E-state index contributed by atoms with van der Waals surface area (Å²) < 4.78 is 2.42. The molecule has 2 nitrogen and oxygen atoms in total. The summed E-state index contributed by atoms with van der Waals surface area (Å²) in [6.45, 7) is 11.9. The molecule has 0 atom stereocenters. The van der Waals surface area contributed by atoms with Gasteiger partial charge in [-0.1, -0.05) is 75.6 Å². The Kier molecular flexibility index (Phi) is 12.4. The first-order valence-electron chi connectivity index (χ1n) is 13.5. The van der Waals surface area contributed by atoms with Gasteiger partial charge in [-0.15, -0.1) is 10.9 Å². The SMILES string of the molecule is CCCCCCc1cc([BH2-][N+](C)(C)CC)c(CCCCCC)cc1[BH2-][N+](C)(C)CC. The molecule has 0 saturated carbocycles. The van der Waals surface area contributed by atoms with E-state index >= 15 is 0 Å². The summed E-state index contributed by atoms with van der Waals surface area (Å²) in [7, 11) is 9.43. The van der Waals surface area contributed by atoms with Crippen LogP contribution in [0.3, 0.4) is 0 Å². The minimum Gasteiger partial charge on any atom is -0.521 e. The molecule has 0 amide bonds. The summed E-state index contributed by atoms with van der Waals surface area (Å²) in [5.41, 5.74) is 6.97. The fourth-order valence-corrected chi connectivity index (χ4v) is 5.00. The van der Waals surface area contributed by atoms with Crippen molar-refractivity contribution < 1.29 is 8.79 Å². The van der Waals surface area contributed by atoms with Crippen LogP contribution in [0.1, 0.15) is 90.2 Å². The van der Waals surface area contributed by atoms with Crippen molar-refractivity contribution in [2.75, 3.05) is 41.3 Å². The van der Waals surface area contributed by atoms with Gasteiger partial charge in [-0.3, -0.25) is 0 Å². The Morgan fingerprint density at radius 3 is 1.23 bits per heavy atom. The van der Waals surface area contributed by atoms with E-state index in [1.54, 1.807) is 22.1 Å². The third kappa shape index (κ3) is 10.1. The predicted molar refractivity (Wildman–Crippen MR) is 144 cm³/mol. The van der Waals surface area contributed by atoms with Crippen LogP contribution in [0.2, 0.25) is 0 Å². The molecule has 1 aromatic rings. The lowest BCUT2D eigenvalue weighted by Crippen LogP contribution is -2.52. The fraction of sp³-hybridized carbons (Fsp3) is 0.769. The van der Waals surface area contributed by atoms with Crippen LogP contribution in [-0.4, -0.2) is 64.9 Å². The maximum atomic E-state index is 2.71. The van der Waals surface area contributed by atoms with Crippen molar-refractivity contribution in [1.82, 2.24) is 0 Å². The third-order valence-electron chi connectivity index (χ3n) is 7.98. The molecule has 0 aliphatic heterocycles. The molecule has 0 heterocycles. The zero-order valence-corrected chi connectivity index (χ0v) is 22.5. The van der Waals surface area contributed by atoms with Crippen molar-refractivity contribution in [2.24, 2.45) is 0 Å². The van der Waals surface area contributed by atoms with E-state index < -0.39 is 0 Å². The van der Waals surface area contributed by atoms with Gasteiger partial charge in [0.25, 0.3) is 0 Å². The second-order valence-corrected chi connectivity index (χ2v) is 12.0. The van der Waals surface area contributed by atoms with E-state index in [0.717, 1.165) is 0 Å². The molecule has 0 fully saturated rings. The molecule has 30 heavy (non-hydrogen) atoms. The van der Waals surface area contributed by atoms with Gasteiger partial charge in [0.05, 0.1) is 0 Å². The molecule has 0 spiro atoms. The average molecular weight is 416 g/mol. The molecule has 0 radical (unpaired) electrons. The molecule has 0 saturated heterocycles. The number of quaternary nitrogens is 2. The van der Waals surface area contributed by atoms with E-state index in [1.165, 1.54) is 86.1 Å². The Morgan fingerprint density at radius 1 is 0.567 bits per heavy atom. The first-order valence-corrected chi connectivity index (χ1v) is 13.5. The quantitative estimate of drug-likeness (QED) is 0.286. The van der Waals surface area contributed by atoms with Gasteiger partial charge in [0, 0.05) is 41.3 Å². The molecule has 0 aromatic heterocycles. The Hall–Kier alpha value is -0.730. The summed E-state index contributed by atoms with van der Waals surface area (Å²) in [4.78, 5) is 0. The molecule has 0 bridgehead atoms. The Labute approximate surface area is 191 Å². The van der Waals surface area contributed by atoms with Crippen molar-refractivity contribution in [2.45, 2.75) is 91.9 Å². The zero-order valence-electron chi connectivity index (χ0n) is 22.5. The lowest BCUT2D eigenvalue weighted by Gasteiger charge is -2.41. The maximum Gasteiger partial charge on any atom is 0.210 e. The van der Waals surface area contributed by atoms with E-state index in [0.29, 0.717) is 0 Å². The van der Waals surface area contributed by atoms with Crippen LogP contribution in [0.25, 0.3) is 0 Å². The fourth-order valence-electron chi connectivity index (χ4n) is 5.00. The monoisotopic (exact) mass is 416 g/mol. The molecular weight excluding hydrogens is 362 g/mol. The molecule has 0 aliphatic carbocycles. The zero-order chi connectivity index (χ0) is 22.6. The molecule has 0 unspecified atom stereocenters. The standard InChI is InChI=1S/C26H54B2N2/c1-9-13-15-17-19-23-21-26(28-30(7,8)12-4)24(20-18-16-14-10-2)22-25(23)27-29(5,6)11-3/h21-22H,9-20,27-28H2,1-8H3. The number of hydrogen-bond donors (Lipinski definition) is 0. The molecule has 0 N–H and O–H groups in total.